The molecule has 13 heteroatoms. The van der Waals surface area contributed by atoms with Crippen molar-refractivity contribution in [2.75, 3.05) is 17.3 Å². The number of aryl methyl sites for hydroxylation is 1. The number of aliphatic hydroxyl groups excluding tert-OH is 1. The molecule has 4 atom stereocenters. The number of carbonyl (C=O) groups excluding carboxylic acids is 1. The highest BCUT2D eigenvalue weighted by Gasteiger charge is 2.55. The fraction of sp³-hybridized carbons (Fsp3) is 0.360. The summed E-state index contributed by atoms with van der Waals surface area (Å²) in [6.45, 7) is 0.161. The third-order valence-electron chi connectivity index (χ3n) is 7.59. The van der Waals surface area contributed by atoms with Gasteiger partial charge in [-0.3, -0.25) is 4.79 Å². The van der Waals surface area contributed by atoms with E-state index in [4.69, 9.17) is 0 Å². The van der Waals surface area contributed by atoms with Gasteiger partial charge in [-0.2, -0.15) is 8.42 Å². The lowest BCUT2D eigenvalue weighted by atomic mass is 9.80. The first-order chi connectivity index (χ1) is 17.9. The van der Waals surface area contributed by atoms with Gasteiger partial charge in [0, 0.05) is 24.8 Å². The predicted molar refractivity (Wildman–Crippen MR) is 141 cm³/mol. The van der Waals surface area contributed by atoms with Gasteiger partial charge in [-0.25, -0.2) is 12.8 Å². The van der Waals surface area contributed by atoms with Crippen LogP contribution in [-0.4, -0.2) is 56.6 Å². The molecule has 2 aliphatic carbocycles. The number of nitrogens with one attached hydrogen (secondary N) is 1. The summed E-state index contributed by atoms with van der Waals surface area (Å²) in [4.78, 5) is 15.4. The van der Waals surface area contributed by atoms with Crippen molar-refractivity contribution in [3.05, 3.63) is 70.1 Å². The molecule has 1 amide bonds. The highest BCUT2D eigenvalue weighted by atomic mass is 32.2. The molecule has 38 heavy (non-hydrogen) atoms. The molecule has 1 aromatic carbocycles. The Kier molecular flexibility index (Phi) is 5.81. The molecule has 1 saturated carbocycles. The fourth-order valence-electron chi connectivity index (χ4n) is 5.95. The van der Waals surface area contributed by atoms with Crippen LogP contribution in [0.3, 0.4) is 0 Å². The molecule has 1 aromatic heterocycles. The van der Waals surface area contributed by atoms with Crippen LogP contribution in [0.2, 0.25) is 0 Å². The van der Waals surface area contributed by atoms with Crippen LogP contribution in [0.15, 0.2) is 62.4 Å². The number of aliphatic hydroxyl groups is 1. The maximum Gasteiger partial charge on any atom is 0.287 e. The largest absolute Gasteiger partial charge is 0.511 e. The predicted octanol–water partition coefficient (Wildman–Crippen LogP) is 3.03. The second-order valence-electron chi connectivity index (χ2n) is 10.1. The van der Waals surface area contributed by atoms with Crippen molar-refractivity contribution in [3.8, 4) is 0 Å². The van der Waals surface area contributed by atoms with Crippen LogP contribution < -0.4 is 5.32 Å². The van der Waals surface area contributed by atoms with E-state index in [1.807, 2.05) is 12.2 Å². The molecule has 0 radical (unpaired) electrons. The van der Waals surface area contributed by atoms with Gasteiger partial charge in [0.1, 0.15) is 36.9 Å². The average molecular weight is 578 g/mol. The Morgan fingerprint density at radius 1 is 1.21 bits per heavy atom. The van der Waals surface area contributed by atoms with E-state index in [-0.39, 0.29) is 63.7 Å². The lowest BCUT2D eigenvalue weighted by Crippen LogP contribution is -2.53. The lowest BCUT2D eigenvalue weighted by Gasteiger charge is -2.42. The molecule has 6 rings (SSSR count). The van der Waals surface area contributed by atoms with Crippen LogP contribution in [0.4, 0.5) is 9.39 Å². The minimum absolute atomic E-state index is 0.00785. The number of amidine groups is 1. The summed E-state index contributed by atoms with van der Waals surface area (Å²) in [6.07, 6.45) is 5.91. The van der Waals surface area contributed by atoms with E-state index >= 15 is 0 Å². The number of rotatable bonds is 6. The van der Waals surface area contributed by atoms with Crippen LogP contribution in [0, 0.1) is 23.6 Å². The number of nitrogens with zero attached hydrogens (tertiary/aromatic N) is 2. The number of fused-ring (bicyclic) bond motifs is 6. The molecule has 4 unspecified atom stereocenters. The van der Waals surface area contributed by atoms with Crippen LogP contribution in [0.5, 0.6) is 0 Å². The Labute approximate surface area is 223 Å². The molecule has 0 saturated heterocycles. The summed E-state index contributed by atoms with van der Waals surface area (Å²) in [6, 6.07) is 5.50. The molecule has 0 spiro atoms. The van der Waals surface area contributed by atoms with Gasteiger partial charge in [0.25, 0.3) is 15.9 Å². The Morgan fingerprint density at radius 3 is 2.63 bits per heavy atom. The number of hydrogen-bond donors (Lipinski definition) is 2. The van der Waals surface area contributed by atoms with E-state index in [1.165, 1.54) is 12.1 Å². The topological polar surface area (TPSA) is 133 Å². The number of thiophene rings is 1. The summed E-state index contributed by atoms with van der Waals surface area (Å²) in [5, 5.41) is 16.1. The summed E-state index contributed by atoms with van der Waals surface area (Å²) >= 11 is 1.07. The van der Waals surface area contributed by atoms with Gasteiger partial charge in [0.15, 0.2) is 5.84 Å². The number of benzene rings is 1. The van der Waals surface area contributed by atoms with Gasteiger partial charge in [0.2, 0.25) is 0 Å². The molecule has 2 aliphatic heterocycles. The first kappa shape index (κ1) is 25.3. The van der Waals surface area contributed by atoms with Gasteiger partial charge < -0.3 is 15.3 Å². The normalized spacial score (nSPS) is 27.3. The van der Waals surface area contributed by atoms with E-state index in [2.05, 4.69) is 9.71 Å². The summed E-state index contributed by atoms with van der Waals surface area (Å²) in [7, 11) is -7.60. The molecule has 4 aliphatic rings. The van der Waals surface area contributed by atoms with Gasteiger partial charge in [-0.05, 0) is 53.3 Å². The second-order valence-corrected chi connectivity index (χ2v) is 14.8. The van der Waals surface area contributed by atoms with Crippen molar-refractivity contribution in [1.29, 1.82) is 0 Å². The minimum Gasteiger partial charge on any atom is -0.511 e. The lowest BCUT2D eigenvalue weighted by molar-refractivity contribution is -0.133. The maximum absolute atomic E-state index is 13.9. The zero-order chi connectivity index (χ0) is 27.0. The number of carbonyl (C=O) groups is 1. The van der Waals surface area contributed by atoms with Crippen molar-refractivity contribution in [3.63, 3.8) is 0 Å². The first-order valence-corrected chi connectivity index (χ1v) is 16.4. The summed E-state index contributed by atoms with van der Waals surface area (Å²) in [5.74, 6) is -2.00. The van der Waals surface area contributed by atoms with Crippen LogP contribution >= 0.6 is 11.3 Å². The van der Waals surface area contributed by atoms with Crippen molar-refractivity contribution in [1.82, 2.24) is 4.90 Å². The number of sulfonamides is 1. The number of amides is 1. The van der Waals surface area contributed by atoms with Gasteiger partial charge in [-0.15, -0.1) is 15.7 Å². The quantitative estimate of drug-likeness (QED) is 0.504. The Hall–Kier alpha value is -3.03. The smallest absolute Gasteiger partial charge is 0.287 e. The fourth-order valence-corrected chi connectivity index (χ4v) is 9.21. The maximum atomic E-state index is 13.9. The monoisotopic (exact) mass is 577 g/mol. The van der Waals surface area contributed by atoms with Crippen LogP contribution in [0.25, 0.3) is 0 Å². The third kappa shape index (κ3) is 4.16. The molecule has 2 bridgehead atoms. The first-order valence-electron chi connectivity index (χ1n) is 12.0. The number of sulfone groups is 1. The number of allylic oxidation sites excluding steroid dienone is 1. The van der Waals surface area contributed by atoms with Gasteiger partial charge in [0.05, 0.1) is 5.75 Å². The summed E-state index contributed by atoms with van der Waals surface area (Å²) < 4.78 is 67.1. The standard InChI is InChI=1S/C25H24FN3O6S3/c1-37(32,33)9-8-16-12-36-24-22(16)38(34,35)28-23(27-24)19-21(30)18-14-4-5-15(10-14)20(18)29(25(19)31)11-13-2-6-17(26)7-3-13/h2-7,12,14-15,18,20,30H,8-11H2,1H3,(H,27,28). The highest BCUT2D eigenvalue weighted by molar-refractivity contribution is 7.91. The van der Waals surface area contributed by atoms with E-state index in [1.54, 1.807) is 22.4 Å². The number of anilines is 1. The van der Waals surface area contributed by atoms with Crippen molar-refractivity contribution in [2.45, 2.75) is 30.3 Å². The van der Waals surface area contributed by atoms with Crippen molar-refractivity contribution < 1.29 is 31.1 Å². The third-order valence-corrected chi connectivity index (χ3v) is 11.0. The Bertz CT molecular complexity index is 1660. The van der Waals surface area contributed by atoms with Gasteiger partial charge in [-0.1, -0.05) is 24.3 Å². The average Bonchev–Trinajstić information content (AvgIpc) is 3.56. The van der Waals surface area contributed by atoms with Crippen molar-refractivity contribution in [2.24, 2.45) is 22.2 Å². The minimum atomic E-state index is -4.29. The number of hydrogen-bond acceptors (Lipinski definition) is 8. The van der Waals surface area contributed by atoms with Crippen molar-refractivity contribution >= 4 is 47.9 Å². The molecule has 2 N–H and O–H groups in total. The second kappa shape index (κ2) is 8.75. The van der Waals surface area contributed by atoms with Gasteiger partial charge >= 0.3 is 0 Å². The van der Waals surface area contributed by atoms with E-state index < -0.39 is 37.5 Å². The molecular formula is C25H24FN3O6S3. The molecule has 9 nitrogen and oxygen atoms in total. The Balaban J connectivity index is 1.39. The SMILES string of the molecule is CS(=O)(=O)CCc1csc2c1S(=O)(=O)N=C(C1=C(O)C3C4C=CC(C4)C3N(Cc3ccc(F)cc3)C1=O)N2. The Morgan fingerprint density at radius 2 is 1.92 bits per heavy atom. The van der Waals surface area contributed by atoms with E-state index in [9.17, 15) is 31.1 Å². The zero-order valence-corrected chi connectivity index (χ0v) is 22.6. The van der Waals surface area contributed by atoms with Crippen LogP contribution in [-0.2, 0) is 37.6 Å². The zero-order valence-electron chi connectivity index (χ0n) is 20.2. The molecule has 2 aromatic rings. The molecule has 200 valence electrons. The number of halogens is 1. The molecule has 1 fully saturated rings. The van der Waals surface area contributed by atoms with Crippen LogP contribution in [0.1, 0.15) is 17.5 Å². The highest BCUT2D eigenvalue weighted by Crippen LogP contribution is 2.52. The molecule has 3 heterocycles. The molecular weight excluding hydrogens is 553 g/mol. The summed E-state index contributed by atoms with van der Waals surface area (Å²) in [5.41, 5.74) is 0.831. The van der Waals surface area contributed by atoms with E-state index in [0.29, 0.717) is 11.1 Å². The van der Waals surface area contributed by atoms with E-state index in [0.717, 1.165) is 24.0 Å².